The van der Waals surface area contributed by atoms with Crippen LogP contribution in [0.1, 0.15) is 35.5 Å². The Bertz CT molecular complexity index is 949. The van der Waals surface area contributed by atoms with Crippen molar-refractivity contribution in [2.75, 3.05) is 6.54 Å². The van der Waals surface area contributed by atoms with Crippen molar-refractivity contribution in [3.63, 3.8) is 0 Å². The van der Waals surface area contributed by atoms with Crippen LogP contribution >= 0.6 is 22.9 Å². The lowest BCUT2D eigenvalue weighted by molar-refractivity contribution is 0.171. The Morgan fingerprint density at radius 2 is 2.25 bits per heavy atom. The minimum atomic E-state index is -0.0845. The van der Waals surface area contributed by atoms with E-state index in [-0.39, 0.29) is 5.56 Å². The van der Waals surface area contributed by atoms with Gasteiger partial charge < -0.3 is 0 Å². The summed E-state index contributed by atoms with van der Waals surface area (Å²) >= 11 is 7.82. The van der Waals surface area contributed by atoms with E-state index < -0.39 is 0 Å². The standard InChI is InChI=1S/C18H18ClN3OS/c1-2-15-14-6-8-24-16(14)5-7-21(15)11-13-9-18(23)22-10-12(19)3-4-17(22)20-13/h3-4,6,8-10,15H,2,5,7,11H2,1H3. The van der Waals surface area contributed by atoms with Crippen LogP contribution in [0.25, 0.3) is 5.65 Å². The SMILES string of the molecule is CCC1c2ccsc2CCN1Cc1cc(=O)n2cc(Cl)ccc2n1. The third-order valence-electron chi connectivity index (χ3n) is 4.63. The van der Waals surface area contributed by atoms with Gasteiger partial charge >= 0.3 is 0 Å². The van der Waals surface area contributed by atoms with Crippen molar-refractivity contribution in [2.24, 2.45) is 0 Å². The van der Waals surface area contributed by atoms with E-state index in [2.05, 4.69) is 28.3 Å². The summed E-state index contributed by atoms with van der Waals surface area (Å²) < 4.78 is 1.50. The zero-order valence-electron chi connectivity index (χ0n) is 13.4. The minimum Gasteiger partial charge on any atom is -0.290 e. The summed E-state index contributed by atoms with van der Waals surface area (Å²) in [5.74, 6) is 0. The van der Waals surface area contributed by atoms with Crippen molar-refractivity contribution in [1.29, 1.82) is 0 Å². The molecule has 0 radical (unpaired) electrons. The average Bonchev–Trinajstić information content (AvgIpc) is 3.04. The highest BCUT2D eigenvalue weighted by molar-refractivity contribution is 7.10. The van der Waals surface area contributed by atoms with Gasteiger partial charge in [-0.15, -0.1) is 11.3 Å². The van der Waals surface area contributed by atoms with Crippen molar-refractivity contribution < 1.29 is 0 Å². The molecule has 0 saturated carbocycles. The lowest BCUT2D eigenvalue weighted by atomic mass is 9.97. The monoisotopic (exact) mass is 359 g/mol. The van der Waals surface area contributed by atoms with E-state index in [1.165, 1.54) is 14.8 Å². The lowest BCUT2D eigenvalue weighted by Gasteiger charge is -2.35. The molecule has 4 nitrogen and oxygen atoms in total. The fourth-order valence-electron chi connectivity index (χ4n) is 3.53. The molecule has 3 aromatic rings. The molecule has 0 spiro atoms. The molecule has 1 aliphatic rings. The van der Waals surface area contributed by atoms with Gasteiger partial charge in [0.2, 0.25) is 0 Å². The van der Waals surface area contributed by atoms with E-state index in [1.807, 2.05) is 11.3 Å². The largest absolute Gasteiger partial charge is 0.290 e. The van der Waals surface area contributed by atoms with Crippen LogP contribution in [0.15, 0.2) is 40.6 Å². The number of halogens is 1. The highest BCUT2D eigenvalue weighted by Gasteiger charge is 2.27. The molecule has 4 rings (SSSR count). The third kappa shape index (κ3) is 2.77. The second kappa shape index (κ2) is 6.31. The summed E-state index contributed by atoms with van der Waals surface area (Å²) in [6, 6.07) is 7.83. The molecule has 0 bridgehead atoms. The molecule has 0 aromatic carbocycles. The maximum Gasteiger partial charge on any atom is 0.258 e. The Hall–Kier alpha value is -1.69. The van der Waals surface area contributed by atoms with Crippen LogP contribution in [0.4, 0.5) is 0 Å². The number of aromatic nitrogens is 2. The second-order valence-electron chi connectivity index (χ2n) is 6.10. The maximum absolute atomic E-state index is 12.3. The predicted molar refractivity (Wildman–Crippen MR) is 97.9 cm³/mol. The van der Waals surface area contributed by atoms with Crippen molar-refractivity contribution >= 4 is 28.6 Å². The molecular formula is C18H18ClN3OS. The quantitative estimate of drug-likeness (QED) is 0.711. The number of nitrogens with zero attached hydrogens (tertiary/aromatic N) is 3. The molecule has 0 fully saturated rings. The Morgan fingerprint density at radius 1 is 1.38 bits per heavy atom. The fraction of sp³-hybridized carbons (Fsp3) is 0.333. The van der Waals surface area contributed by atoms with E-state index in [0.29, 0.717) is 23.3 Å². The van der Waals surface area contributed by atoms with Gasteiger partial charge in [-0.05, 0) is 42.0 Å². The van der Waals surface area contributed by atoms with Gasteiger partial charge in [-0.1, -0.05) is 18.5 Å². The maximum atomic E-state index is 12.3. The molecular weight excluding hydrogens is 342 g/mol. The summed E-state index contributed by atoms with van der Waals surface area (Å²) in [7, 11) is 0. The normalized spacial score (nSPS) is 18.0. The van der Waals surface area contributed by atoms with Crippen molar-refractivity contribution in [1.82, 2.24) is 14.3 Å². The van der Waals surface area contributed by atoms with Crippen LogP contribution in [0, 0.1) is 0 Å². The molecule has 124 valence electrons. The van der Waals surface area contributed by atoms with Gasteiger partial charge in [0.15, 0.2) is 0 Å². The number of hydrogen-bond acceptors (Lipinski definition) is 4. The van der Waals surface area contributed by atoms with Crippen molar-refractivity contribution in [3.05, 3.63) is 67.4 Å². The Labute approximate surface area is 149 Å². The van der Waals surface area contributed by atoms with Crippen LogP contribution in [-0.2, 0) is 13.0 Å². The molecule has 3 aromatic heterocycles. The lowest BCUT2D eigenvalue weighted by Crippen LogP contribution is -2.34. The zero-order chi connectivity index (χ0) is 16.7. The van der Waals surface area contributed by atoms with Gasteiger partial charge in [-0.25, -0.2) is 4.98 Å². The van der Waals surface area contributed by atoms with Crippen LogP contribution in [0.3, 0.4) is 0 Å². The average molecular weight is 360 g/mol. The number of rotatable bonds is 3. The third-order valence-corrected chi connectivity index (χ3v) is 5.85. The summed E-state index contributed by atoms with van der Waals surface area (Å²) in [5, 5.41) is 2.72. The summed E-state index contributed by atoms with van der Waals surface area (Å²) in [6.07, 6.45) is 3.75. The molecule has 4 heterocycles. The van der Waals surface area contributed by atoms with Crippen LogP contribution < -0.4 is 5.56 Å². The number of thiophene rings is 1. The van der Waals surface area contributed by atoms with Gasteiger partial charge in [-0.2, -0.15) is 0 Å². The smallest absolute Gasteiger partial charge is 0.258 e. The van der Waals surface area contributed by atoms with Gasteiger partial charge in [0, 0.05) is 36.3 Å². The first kappa shape index (κ1) is 15.8. The van der Waals surface area contributed by atoms with Gasteiger partial charge in [0.25, 0.3) is 5.56 Å². The highest BCUT2D eigenvalue weighted by Crippen LogP contribution is 2.35. The molecule has 1 aliphatic heterocycles. The van der Waals surface area contributed by atoms with E-state index >= 15 is 0 Å². The van der Waals surface area contributed by atoms with Crippen LogP contribution in [-0.4, -0.2) is 20.8 Å². The molecule has 0 amide bonds. The number of fused-ring (bicyclic) bond motifs is 2. The van der Waals surface area contributed by atoms with Gasteiger partial charge in [0.1, 0.15) is 5.65 Å². The molecule has 1 unspecified atom stereocenters. The van der Waals surface area contributed by atoms with Crippen molar-refractivity contribution in [3.8, 4) is 0 Å². The van der Waals surface area contributed by atoms with Crippen LogP contribution in [0.5, 0.6) is 0 Å². The fourth-order valence-corrected chi connectivity index (χ4v) is 4.62. The molecule has 24 heavy (non-hydrogen) atoms. The number of pyridine rings is 1. The van der Waals surface area contributed by atoms with Crippen LogP contribution in [0.2, 0.25) is 5.02 Å². The minimum absolute atomic E-state index is 0.0845. The predicted octanol–water partition coefficient (Wildman–Crippen LogP) is 3.92. The highest BCUT2D eigenvalue weighted by atomic mass is 35.5. The molecule has 0 N–H and O–H groups in total. The topological polar surface area (TPSA) is 37.6 Å². The van der Waals surface area contributed by atoms with E-state index in [9.17, 15) is 4.79 Å². The first-order valence-corrected chi connectivity index (χ1v) is 9.39. The first-order chi connectivity index (χ1) is 11.7. The Morgan fingerprint density at radius 3 is 3.08 bits per heavy atom. The second-order valence-corrected chi connectivity index (χ2v) is 7.54. The van der Waals surface area contributed by atoms with E-state index in [0.717, 1.165) is 25.1 Å². The molecule has 0 saturated heterocycles. The first-order valence-electron chi connectivity index (χ1n) is 8.14. The molecule has 0 aliphatic carbocycles. The molecule has 1 atom stereocenters. The van der Waals surface area contributed by atoms with Crippen molar-refractivity contribution in [2.45, 2.75) is 32.4 Å². The number of hydrogen-bond donors (Lipinski definition) is 0. The molecule has 6 heteroatoms. The van der Waals surface area contributed by atoms with E-state index in [4.69, 9.17) is 11.6 Å². The Kier molecular flexibility index (Phi) is 4.16. The Balaban J connectivity index is 1.67. The van der Waals surface area contributed by atoms with Gasteiger partial charge in [-0.3, -0.25) is 14.1 Å². The van der Waals surface area contributed by atoms with Gasteiger partial charge in [0.05, 0.1) is 10.7 Å². The van der Waals surface area contributed by atoms with E-state index in [1.54, 1.807) is 24.4 Å². The zero-order valence-corrected chi connectivity index (χ0v) is 15.0. The summed E-state index contributed by atoms with van der Waals surface area (Å²) in [6.45, 7) is 3.92. The summed E-state index contributed by atoms with van der Waals surface area (Å²) in [4.78, 5) is 20.9. The summed E-state index contributed by atoms with van der Waals surface area (Å²) in [5.41, 5.74) is 2.82.